The van der Waals surface area contributed by atoms with Crippen LogP contribution >= 0.6 is 11.6 Å². The molecule has 0 saturated heterocycles. The molecule has 0 aliphatic carbocycles. The topological polar surface area (TPSA) is 75.4 Å². The molecule has 0 aliphatic heterocycles. The normalized spacial score (nSPS) is 10.4. The lowest BCUT2D eigenvalue weighted by molar-refractivity contribution is -0.122. The van der Waals surface area contributed by atoms with E-state index in [0.29, 0.717) is 16.3 Å². The Morgan fingerprint density at radius 3 is 2.63 bits per heavy atom. The summed E-state index contributed by atoms with van der Waals surface area (Å²) >= 11 is 5.83. The minimum atomic E-state index is -0.334. The number of carbonyl (C=O) groups is 2. The molecule has 0 unspecified atom stereocenters. The summed E-state index contributed by atoms with van der Waals surface area (Å²) in [5.41, 5.74) is 6.37. The van der Waals surface area contributed by atoms with Gasteiger partial charge in [0.25, 0.3) is 5.91 Å². The number of nitrogens with two attached hydrogens (primary N) is 1. The van der Waals surface area contributed by atoms with Gasteiger partial charge in [-0.05, 0) is 32.0 Å². The van der Waals surface area contributed by atoms with Gasteiger partial charge in [-0.25, -0.2) is 0 Å². The van der Waals surface area contributed by atoms with Crippen molar-refractivity contribution in [3.63, 3.8) is 0 Å². The zero-order valence-electron chi connectivity index (χ0n) is 11.2. The van der Waals surface area contributed by atoms with E-state index in [-0.39, 0.29) is 24.4 Å². The molecule has 0 atom stereocenters. The number of halogens is 1. The molecular formula is C13H18ClN3O2. The van der Waals surface area contributed by atoms with Crippen molar-refractivity contribution in [3.05, 3.63) is 28.8 Å². The maximum Gasteiger partial charge on any atom is 0.256 e. The quantitative estimate of drug-likeness (QED) is 0.823. The van der Waals surface area contributed by atoms with Crippen LogP contribution in [-0.4, -0.2) is 36.3 Å². The van der Waals surface area contributed by atoms with Gasteiger partial charge in [0.05, 0.1) is 12.1 Å². The Kier molecular flexibility index (Phi) is 5.18. The van der Waals surface area contributed by atoms with Crippen molar-refractivity contribution in [2.24, 2.45) is 0 Å². The van der Waals surface area contributed by atoms with Gasteiger partial charge in [-0.1, -0.05) is 11.6 Å². The van der Waals surface area contributed by atoms with E-state index >= 15 is 0 Å². The van der Waals surface area contributed by atoms with Crippen LogP contribution in [0.15, 0.2) is 18.2 Å². The molecule has 0 bridgehead atoms. The molecule has 104 valence electrons. The molecule has 5 nitrogen and oxygen atoms in total. The number of benzene rings is 1. The molecule has 0 radical (unpaired) electrons. The Balaban J connectivity index is 2.77. The Hall–Kier alpha value is -1.75. The lowest BCUT2D eigenvalue weighted by Gasteiger charge is -2.18. The number of hydrogen-bond acceptors (Lipinski definition) is 3. The van der Waals surface area contributed by atoms with Crippen molar-refractivity contribution in [1.82, 2.24) is 10.2 Å². The fourth-order valence-corrected chi connectivity index (χ4v) is 1.75. The summed E-state index contributed by atoms with van der Waals surface area (Å²) in [6.07, 6.45) is 0. The highest BCUT2D eigenvalue weighted by atomic mass is 35.5. The highest BCUT2D eigenvalue weighted by Gasteiger charge is 2.17. The number of likely N-dealkylation sites (N-methyl/N-ethyl adjacent to an activating group) is 1. The van der Waals surface area contributed by atoms with Gasteiger partial charge in [-0.2, -0.15) is 0 Å². The third-order valence-electron chi connectivity index (χ3n) is 2.42. The van der Waals surface area contributed by atoms with Gasteiger partial charge < -0.3 is 16.0 Å². The Bertz CT molecular complexity index is 489. The van der Waals surface area contributed by atoms with Crippen LogP contribution in [0.5, 0.6) is 0 Å². The summed E-state index contributed by atoms with van der Waals surface area (Å²) in [7, 11) is 1.54. The van der Waals surface area contributed by atoms with Crippen LogP contribution in [0, 0.1) is 0 Å². The number of carbonyl (C=O) groups excluding carboxylic acids is 2. The van der Waals surface area contributed by atoms with Crippen molar-refractivity contribution >= 4 is 29.1 Å². The van der Waals surface area contributed by atoms with Gasteiger partial charge in [0, 0.05) is 23.8 Å². The molecule has 0 saturated carbocycles. The van der Waals surface area contributed by atoms with Crippen LogP contribution in [0.1, 0.15) is 24.2 Å². The third-order valence-corrected chi connectivity index (χ3v) is 2.66. The summed E-state index contributed by atoms with van der Waals surface area (Å²) in [5, 5.41) is 3.14. The maximum atomic E-state index is 12.1. The summed E-state index contributed by atoms with van der Waals surface area (Å²) in [6.45, 7) is 3.69. The van der Waals surface area contributed by atoms with Crippen LogP contribution in [0.4, 0.5) is 5.69 Å². The van der Waals surface area contributed by atoms with Crippen molar-refractivity contribution in [1.29, 1.82) is 0 Å². The monoisotopic (exact) mass is 283 g/mol. The van der Waals surface area contributed by atoms with Crippen LogP contribution < -0.4 is 11.1 Å². The Morgan fingerprint density at radius 2 is 2.05 bits per heavy atom. The molecule has 0 fully saturated rings. The van der Waals surface area contributed by atoms with E-state index in [1.807, 2.05) is 13.8 Å². The molecule has 19 heavy (non-hydrogen) atoms. The van der Waals surface area contributed by atoms with E-state index in [0.717, 1.165) is 0 Å². The minimum absolute atomic E-state index is 0.0248. The van der Waals surface area contributed by atoms with E-state index in [1.54, 1.807) is 19.2 Å². The average molecular weight is 284 g/mol. The molecule has 0 heterocycles. The second-order valence-corrected chi connectivity index (χ2v) is 5.05. The fourth-order valence-electron chi connectivity index (χ4n) is 1.57. The van der Waals surface area contributed by atoms with Gasteiger partial charge >= 0.3 is 0 Å². The second-order valence-electron chi connectivity index (χ2n) is 4.62. The Morgan fingerprint density at radius 1 is 1.42 bits per heavy atom. The summed E-state index contributed by atoms with van der Waals surface area (Å²) in [6, 6.07) is 4.71. The first-order valence-corrected chi connectivity index (χ1v) is 6.29. The molecule has 0 spiro atoms. The summed E-state index contributed by atoms with van der Waals surface area (Å²) in [4.78, 5) is 25.0. The van der Waals surface area contributed by atoms with Gasteiger partial charge in [0.1, 0.15) is 0 Å². The average Bonchev–Trinajstić information content (AvgIpc) is 2.30. The van der Waals surface area contributed by atoms with Gasteiger partial charge in [0.2, 0.25) is 5.91 Å². The molecule has 1 aromatic carbocycles. The largest absolute Gasteiger partial charge is 0.398 e. The third kappa shape index (κ3) is 4.44. The molecular weight excluding hydrogens is 266 g/mol. The molecule has 2 amide bonds. The predicted molar refractivity (Wildman–Crippen MR) is 76.1 cm³/mol. The predicted octanol–water partition coefficient (Wildman–Crippen LogP) is 1.52. The van der Waals surface area contributed by atoms with E-state index in [2.05, 4.69) is 5.32 Å². The number of nitrogens with one attached hydrogen (secondary N) is 1. The highest BCUT2D eigenvalue weighted by Crippen LogP contribution is 2.19. The van der Waals surface area contributed by atoms with Gasteiger partial charge in [-0.15, -0.1) is 0 Å². The second kappa shape index (κ2) is 6.43. The lowest BCUT2D eigenvalue weighted by Crippen LogP contribution is -2.41. The molecule has 1 aromatic rings. The van der Waals surface area contributed by atoms with Crippen molar-refractivity contribution in [2.45, 2.75) is 19.9 Å². The number of amides is 2. The number of nitrogen functional groups attached to an aromatic ring is 1. The van der Waals surface area contributed by atoms with E-state index in [1.165, 1.54) is 11.0 Å². The van der Waals surface area contributed by atoms with Gasteiger partial charge in [-0.3, -0.25) is 9.59 Å². The van der Waals surface area contributed by atoms with Crippen LogP contribution in [0.3, 0.4) is 0 Å². The van der Waals surface area contributed by atoms with E-state index in [9.17, 15) is 9.59 Å². The highest BCUT2D eigenvalue weighted by molar-refractivity contribution is 6.31. The van der Waals surface area contributed by atoms with Crippen LogP contribution in [0.2, 0.25) is 5.02 Å². The maximum absolute atomic E-state index is 12.1. The first-order chi connectivity index (χ1) is 8.81. The smallest absolute Gasteiger partial charge is 0.256 e. The van der Waals surface area contributed by atoms with Crippen molar-refractivity contribution in [3.8, 4) is 0 Å². The number of rotatable bonds is 4. The molecule has 3 N–H and O–H groups in total. The zero-order chi connectivity index (χ0) is 14.6. The van der Waals surface area contributed by atoms with Crippen molar-refractivity contribution < 1.29 is 9.59 Å². The Labute approximate surface area is 117 Å². The van der Waals surface area contributed by atoms with E-state index in [4.69, 9.17) is 17.3 Å². The molecule has 6 heteroatoms. The minimum Gasteiger partial charge on any atom is -0.398 e. The molecule has 0 aliphatic rings. The zero-order valence-corrected chi connectivity index (χ0v) is 12.0. The number of nitrogens with zero attached hydrogens (tertiary/aromatic N) is 1. The van der Waals surface area contributed by atoms with Gasteiger partial charge in [0.15, 0.2) is 0 Å². The lowest BCUT2D eigenvalue weighted by atomic mass is 10.1. The first-order valence-electron chi connectivity index (χ1n) is 5.91. The number of anilines is 1. The summed E-state index contributed by atoms with van der Waals surface area (Å²) < 4.78 is 0. The first kappa shape index (κ1) is 15.3. The molecule has 1 rings (SSSR count). The van der Waals surface area contributed by atoms with E-state index < -0.39 is 0 Å². The summed E-state index contributed by atoms with van der Waals surface area (Å²) in [5.74, 6) is -0.551. The SMILES string of the molecule is CC(C)NC(=O)CN(C)C(=O)c1cc(Cl)ccc1N. The van der Waals surface area contributed by atoms with Crippen molar-refractivity contribution in [2.75, 3.05) is 19.3 Å². The van der Waals surface area contributed by atoms with Crippen LogP contribution in [-0.2, 0) is 4.79 Å². The standard InChI is InChI=1S/C13H18ClN3O2/c1-8(2)16-12(18)7-17(3)13(19)10-6-9(14)4-5-11(10)15/h4-6,8H,7,15H2,1-3H3,(H,16,18). The number of hydrogen-bond donors (Lipinski definition) is 2. The fraction of sp³-hybridized carbons (Fsp3) is 0.385. The molecule has 0 aromatic heterocycles. The van der Waals surface area contributed by atoms with Crippen LogP contribution in [0.25, 0.3) is 0 Å².